The third-order valence-corrected chi connectivity index (χ3v) is 3.74. The molecule has 2 rings (SSSR count). The van der Waals surface area contributed by atoms with Gasteiger partial charge in [0, 0.05) is 22.3 Å². The predicted octanol–water partition coefficient (Wildman–Crippen LogP) is 4.49. The van der Waals surface area contributed by atoms with Crippen LogP contribution in [0.2, 0.25) is 0 Å². The standard InChI is InChI=1S/C16H16BrF2NO/c1-9-5-11(17)6-10(2)16(9)20-8-15(21)13-7-12(18)3-4-14(13)19/h3-7,15,20-21H,8H2,1-2H3. The zero-order valence-corrected chi connectivity index (χ0v) is 13.3. The molecule has 0 aliphatic carbocycles. The Labute approximate surface area is 130 Å². The molecule has 5 heteroatoms. The van der Waals surface area contributed by atoms with E-state index < -0.39 is 17.7 Å². The molecule has 2 nitrogen and oxygen atoms in total. The van der Waals surface area contributed by atoms with Crippen molar-refractivity contribution in [3.63, 3.8) is 0 Å². The first-order valence-electron chi connectivity index (χ1n) is 6.52. The number of nitrogens with one attached hydrogen (secondary N) is 1. The number of anilines is 1. The van der Waals surface area contributed by atoms with Crippen molar-refractivity contribution in [1.29, 1.82) is 0 Å². The van der Waals surface area contributed by atoms with Crippen LogP contribution in [0.15, 0.2) is 34.8 Å². The Morgan fingerprint density at radius 2 is 1.76 bits per heavy atom. The van der Waals surface area contributed by atoms with E-state index in [1.807, 2.05) is 26.0 Å². The molecule has 112 valence electrons. The zero-order chi connectivity index (χ0) is 15.6. The van der Waals surface area contributed by atoms with Crippen LogP contribution >= 0.6 is 15.9 Å². The van der Waals surface area contributed by atoms with Gasteiger partial charge in [0.05, 0.1) is 6.10 Å². The van der Waals surface area contributed by atoms with Crippen molar-refractivity contribution in [2.24, 2.45) is 0 Å². The highest BCUT2D eigenvalue weighted by atomic mass is 79.9. The largest absolute Gasteiger partial charge is 0.386 e. The molecule has 1 unspecified atom stereocenters. The van der Waals surface area contributed by atoms with E-state index in [2.05, 4.69) is 21.2 Å². The van der Waals surface area contributed by atoms with Gasteiger partial charge in [-0.3, -0.25) is 0 Å². The summed E-state index contributed by atoms with van der Waals surface area (Å²) in [7, 11) is 0. The van der Waals surface area contributed by atoms with Crippen molar-refractivity contribution in [2.45, 2.75) is 20.0 Å². The molecule has 0 heterocycles. The molecule has 0 aliphatic heterocycles. The average molecular weight is 356 g/mol. The smallest absolute Gasteiger partial charge is 0.129 e. The lowest BCUT2D eigenvalue weighted by molar-refractivity contribution is 0.186. The Kier molecular flexibility index (Phi) is 4.96. The highest BCUT2D eigenvalue weighted by Crippen LogP contribution is 2.26. The minimum atomic E-state index is -1.12. The summed E-state index contributed by atoms with van der Waals surface area (Å²) in [5.41, 5.74) is 2.85. The highest BCUT2D eigenvalue weighted by Gasteiger charge is 2.14. The average Bonchev–Trinajstić information content (AvgIpc) is 2.40. The summed E-state index contributed by atoms with van der Waals surface area (Å²) in [4.78, 5) is 0. The van der Waals surface area contributed by atoms with Crippen LogP contribution in [0.4, 0.5) is 14.5 Å². The topological polar surface area (TPSA) is 32.3 Å². The number of aryl methyl sites for hydroxylation is 2. The lowest BCUT2D eigenvalue weighted by atomic mass is 10.1. The fourth-order valence-electron chi connectivity index (χ4n) is 2.27. The summed E-state index contributed by atoms with van der Waals surface area (Å²) in [5, 5.41) is 13.1. The van der Waals surface area contributed by atoms with Gasteiger partial charge >= 0.3 is 0 Å². The number of hydrogen-bond donors (Lipinski definition) is 2. The molecule has 0 bridgehead atoms. The number of aliphatic hydroxyl groups excluding tert-OH is 1. The van der Waals surface area contributed by atoms with Gasteiger partial charge in [0.25, 0.3) is 0 Å². The predicted molar refractivity (Wildman–Crippen MR) is 83.4 cm³/mol. The summed E-state index contributed by atoms with van der Waals surface area (Å²) in [6.07, 6.45) is -1.12. The van der Waals surface area contributed by atoms with Gasteiger partial charge in [-0.1, -0.05) is 15.9 Å². The van der Waals surface area contributed by atoms with Crippen LogP contribution in [-0.2, 0) is 0 Å². The molecule has 0 spiro atoms. The second-order valence-electron chi connectivity index (χ2n) is 4.98. The Hall–Kier alpha value is -1.46. The molecule has 1 atom stereocenters. The summed E-state index contributed by atoms with van der Waals surface area (Å²) in [5.74, 6) is -1.18. The van der Waals surface area contributed by atoms with Crippen molar-refractivity contribution in [1.82, 2.24) is 0 Å². The first kappa shape index (κ1) is 15.9. The number of halogens is 3. The normalized spacial score (nSPS) is 12.3. The van der Waals surface area contributed by atoms with Crippen LogP contribution in [0, 0.1) is 25.5 Å². The fraction of sp³-hybridized carbons (Fsp3) is 0.250. The van der Waals surface area contributed by atoms with Crippen LogP contribution in [0.3, 0.4) is 0 Å². The van der Waals surface area contributed by atoms with Crippen LogP contribution < -0.4 is 5.32 Å². The maximum absolute atomic E-state index is 13.6. The van der Waals surface area contributed by atoms with Gasteiger partial charge in [-0.2, -0.15) is 0 Å². The molecule has 0 saturated heterocycles. The molecule has 21 heavy (non-hydrogen) atoms. The number of rotatable bonds is 4. The first-order chi connectivity index (χ1) is 9.88. The zero-order valence-electron chi connectivity index (χ0n) is 11.8. The highest BCUT2D eigenvalue weighted by molar-refractivity contribution is 9.10. The molecular weight excluding hydrogens is 340 g/mol. The monoisotopic (exact) mass is 355 g/mol. The third-order valence-electron chi connectivity index (χ3n) is 3.29. The van der Waals surface area contributed by atoms with Crippen molar-refractivity contribution in [3.8, 4) is 0 Å². The van der Waals surface area contributed by atoms with E-state index in [1.165, 1.54) is 0 Å². The molecule has 0 aliphatic rings. The van der Waals surface area contributed by atoms with Gasteiger partial charge in [-0.15, -0.1) is 0 Å². The van der Waals surface area contributed by atoms with Gasteiger partial charge in [0.2, 0.25) is 0 Å². The fourth-order valence-corrected chi connectivity index (χ4v) is 2.95. The van der Waals surface area contributed by atoms with E-state index in [1.54, 1.807) is 0 Å². The third kappa shape index (κ3) is 3.80. The maximum atomic E-state index is 13.6. The molecule has 2 N–H and O–H groups in total. The Morgan fingerprint density at radius 3 is 2.38 bits per heavy atom. The summed E-state index contributed by atoms with van der Waals surface area (Å²) >= 11 is 3.41. The van der Waals surface area contributed by atoms with Crippen molar-refractivity contribution >= 4 is 21.6 Å². The summed E-state index contributed by atoms with van der Waals surface area (Å²) in [6.45, 7) is 3.98. The van der Waals surface area contributed by atoms with Crippen LogP contribution in [0.25, 0.3) is 0 Å². The molecule has 0 amide bonds. The minimum Gasteiger partial charge on any atom is -0.386 e. The molecule has 2 aromatic rings. The molecule has 0 aromatic heterocycles. The SMILES string of the molecule is Cc1cc(Br)cc(C)c1NCC(O)c1cc(F)ccc1F. The molecule has 0 radical (unpaired) electrons. The van der Waals surface area contributed by atoms with Gasteiger partial charge in [-0.25, -0.2) is 8.78 Å². The van der Waals surface area contributed by atoms with Gasteiger partial charge in [-0.05, 0) is 55.3 Å². The van der Waals surface area contributed by atoms with E-state index in [0.29, 0.717) is 0 Å². The Bertz CT molecular complexity index is 638. The minimum absolute atomic E-state index is 0.0464. The Morgan fingerprint density at radius 1 is 1.14 bits per heavy atom. The molecule has 0 fully saturated rings. The summed E-state index contributed by atoms with van der Waals surface area (Å²) in [6, 6.07) is 6.96. The van der Waals surface area contributed by atoms with Crippen molar-refractivity contribution in [2.75, 3.05) is 11.9 Å². The quantitative estimate of drug-likeness (QED) is 0.846. The van der Waals surface area contributed by atoms with E-state index in [4.69, 9.17) is 0 Å². The van der Waals surface area contributed by atoms with Crippen LogP contribution in [0.5, 0.6) is 0 Å². The van der Waals surface area contributed by atoms with E-state index in [9.17, 15) is 13.9 Å². The summed E-state index contributed by atoms with van der Waals surface area (Å²) < 4.78 is 27.7. The second-order valence-corrected chi connectivity index (χ2v) is 5.89. The number of hydrogen-bond acceptors (Lipinski definition) is 2. The van der Waals surface area contributed by atoms with Crippen LogP contribution in [-0.4, -0.2) is 11.7 Å². The van der Waals surface area contributed by atoms with E-state index in [0.717, 1.165) is 39.5 Å². The molecular formula is C16H16BrF2NO. The van der Waals surface area contributed by atoms with Crippen molar-refractivity contribution < 1.29 is 13.9 Å². The number of benzene rings is 2. The van der Waals surface area contributed by atoms with Gasteiger partial charge in [0.15, 0.2) is 0 Å². The van der Waals surface area contributed by atoms with Crippen LogP contribution in [0.1, 0.15) is 22.8 Å². The Balaban J connectivity index is 2.15. The van der Waals surface area contributed by atoms with E-state index >= 15 is 0 Å². The van der Waals surface area contributed by atoms with Gasteiger partial charge in [0.1, 0.15) is 11.6 Å². The maximum Gasteiger partial charge on any atom is 0.129 e. The first-order valence-corrected chi connectivity index (χ1v) is 7.31. The molecule has 2 aromatic carbocycles. The van der Waals surface area contributed by atoms with Gasteiger partial charge < -0.3 is 10.4 Å². The molecule has 0 saturated carbocycles. The lowest BCUT2D eigenvalue weighted by Crippen LogP contribution is -2.15. The number of aliphatic hydroxyl groups is 1. The lowest BCUT2D eigenvalue weighted by Gasteiger charge is -2.17. The van der Waals surface area contributed by atoms with Crippen molar-refractivity contribution in [3.05, 3.63) is 63.1 Å². The second kappa shape index (κ2) is 6.54. The van der Waals surface area contributed by atoms with E-state index in [-0.39, 0.29) is 12.1 Å².